The Balaban J connectivity index is 3.04. The van der Waals surface area contributed by atoms with Crippen molar-refractivity contribution in [2.45, 2.75) is 12.5 Å². The van der Waals surface area contributed by atoms with Gasteiger partial charge in [-0.1, -0.05) is 46.3 Å². The van der Waals surface area contributed by atoms with Gasteiger partial charge in [0.15, 0.2) is 0 Å². The number of aliphatic hydroxyl groups is 1. The SMILES string of the molecule is CC(CO)(NS(=O)(=O)CBr)c1ccccc1. The molecule has 4 nitrogen and oxygen atoms in total. The van der Waals surface area contributed by atoms with E-state index in [4.69, 9.17) is 0 Å². The third-order valence-corrected chi connectivity index (χ3v) is 5.11. The van der Waals surface area contributed by atoms with Crippen molar-refractivity contribution in [1.29, 1.82) is 0 Å². The van der Waals surface area contributed by atoms with Crippen molar-refractivity contribution in [2.75, 3.05) is 11.3 Å². The molecule has 90 valence electrons. The van der Waals surface area contributed by atoms with Crippen LogP contribution in [0, 0.1) is 0 Å². The fourth-order valence-corrected chi connectivity index (χ4v) is 2.63. The van der Waals surface area contributed by atoms with Gasteiger partial charge in [0.25, 0.3) is 0 Å². The molecule has 6 heteroatoms. The van der Waals surface area contributed by atoms with Gasteiger partial charge in [-0.3, -0.25) is 0 Å². The molecule has 0 aromatic heterocycles. The summed E-state index contributed by atoms with van der Waals surface area (Å²) in [7, 11) is -3.43. The molecule has 16 heavy (non-hydrogen) atoms. The van der Waals surface area contributed by atoms with E-state index in [1.54, 1.807) is 31.2 Å². The molecule has 0 radical (unpaired) electrons. The Hall–Kier alpha value is -0.430. The maximum absolute atomic E-state index is 11.5. The maximum atomic E-state index is 11.5. The Kier molecular flexibility index (Phi) is 4.49. The Labute approximate surface area is 104 Å². The molecule has 0 amide bonds. The maximum Gasteiger partial charge on any atom is 0.222 e. The third-order valence-electron chi connectivity index (χ3n) is 2.25. The summed E-state index contributed by atoms with van der Waals surface area (Å²) in [5, 5.41) is 9.36. The summed E-state index contributed by atoms with van der Waals surface area (Å²) >= 11 is 2.89. The number of sulfonamides is 1. The van der Waals surface area contributed by atoms with Crippen molar-refractivity contribution in [3.63, 3.8) is 0 Å². The lowest BCUT2D eigenvalue weighted by molar-refractivity contribution is 0.196. The zero-order chi connectivity index (χ0) is 12.2. The standard InChI is InChI=1S/C10H14BrNO3S/c1-10(7-13,12-16(14,15)8-11)9-5-3-2-4-6-9/h2-6,12-13H,7-8H2,1H3. The lowest BCUT2D eigenvalue weighted by Crippen LogP contribution is -2.46. The van der Waals surface area contributed by atoms with Crippen LogP contribution in [-0.4, -0.2) is 24.8 Å². The minimum atomic E-state index is -3.43. The van der Waals surface area contributed by atoms with Crippen molar-refractivity contribution in [2.24, 2.45) is 0 Å². The highest BCUT2D eigenvalue weighted by Gasteiger charge is 2.30. The molecule has 1 aromatic rings. The van der Waals surface area contributed by atoms with E-state index in [-0.39, 0.29) is 11.3 Å². The molecule has 0 heterocycles. The molecule has 0 saturated heterocycles. The van der Waals surface area contributed by atoms with Crippen LogP contribution in [0.3, 0.4) is 0 Å². The van der Waals surface area contributed by atoms with Crippen molar-refractivity contribution >= 4 is 26.0 Å². The second-order valence-electron chi connectivity index (χ2n) is 3.68. The highest BCUT2D eigenvalue weighted by molar-refractivity contribution is 9.10. The molecule has 0 bridgehead atoms. The number of hydrogen-bond acceptors (Lipinski definition) is 3. The van der Waals surface area contributed by atoms with Gasteiger partial charge in [0, 0.05) is 0 Å². The highest BCUT2D eigenvalue weighted by atomic mass is 79.9. The predicted molar refractivity (Wildman–Crippen MR) is 66.7 cm³/mol. The summed E-state index contributed by atoms with van der Waals surface area (Å²) in [5.74, 6) is 0. The fourth-order valence-electron chi connectivity index (χ4n) is 1.36. The normalized spacial score (nSPS) is 15.7. The molecular weight excluding hydrogens is 294 g/mol. The summed E-state index contributed by atoms with van der Waals surface area (Å²) in [6, 6.07) is 8.97. The summed E-state index contributed by atoms with van der Waals surface area (Å²) in [5.41, 5.74) is -0.268. The van der Waals surface area contributed by atoms with Gasteiger partial charge in [-0.15, -0.1) is 0 Å². The molecule has 2 N–H and O–H groups in total. The first-order valence-electron chi connectivity index (χ1n) is 4.67. The van der Waals surface area contributed by atoms with E-state index in [0.717, 1.165) is 5.56 Å². The minimum absolute atomic E-state index is 0.192. The van der Waals surface area contributed by atoms with Gasteiger partial charge in [0.1, 0.15) is 4.66 Å². The first kappa shape index (κ1) is 13.6. The van der Waals surface area contributed by atoms with Crippen molar-refractivity contribution < 1.29 is 13.5 Å². The third kappa shape index (κ3) is 3.28. The number of rotatable bonds is 5. The Morgan fingerprint density at radius 2 is 1.94 bits per heavy atom. The van der Waals surface area contributed by atoms with Gasteiger partial charge in [-0.2, -0.15) is 0 Å². The second-order valence-corrected chi connectivity index (χ2v) is 6.71. The zero-order valence-corrected chi connectivity index (χ0v) is 11.3. The number of aliphatic hydroxyl groups excluding tert-OH is 1. The van der Waals surface area contributed by atoms with Crippen LogP contribution in [0.25, 0.3) is 0 Å². The highest BCUT2D eigenvalue weighted by Crippen LogP contribution is 2.21. The summed E-state index contributed by atoms with van der Waals surface area (Å²) in [6.45, 7) is 1.34. The predicted octanol–water partition coefficient (Wildman–Crippen LogP) is 1.17. The molecule has 0 aliphatic carbocycles. The first-order valence-corrected chi connectivity index (χ1v) is 7.45. The van der Waals surface area contributed by atoms with Gasteiger partial charge in [0.2, 0.25) is 10.0 Å². The molecule has 0 aliphatic heterocycles. The Morgan fingerprint density at radius 3 is 2.38 bits per heavy atom. The second kappa shape index (κ2) is 5.27. The van der Waals surface area contributed by atoms with Crippen molar-refractivity contribution in [1.82, 2.24) is 4.72 Å². The largest absolute Gasteiger partial charge is 0.394 e. The Morgan fingerprint density at radius 1 is 1.38 bits per heavy atom. The van der Waals surface area contributed by atoms with Crippen molar-refractivity contribution in [3.05, 3.63) is 35.9 Å². The molecule has 1 rings (SSSR count). The molecular formula is C10H14BrNO3S. The Bertz CT molecular complexity index is 435. The number of alkyl halides is 1. The van der Waals surface area contributed by atoms with Crippen LogP contribution in [0.2, 0.25) is 0 Å². The van der Waals surface area contributed by atoms with Crippen LogP contribution in [0.4, 0.5) is 0 Å². The molecule has 0 saturated carbocycles. The van der Waals surface area contributed by atoms with E-state index in [9.17, 15) is 13.5 Å². The quantitative estimate of drug-likeness (QED) is 0.802. The van der Waals surface area contributed by atoms with E-state index in [0.29, 0.717) is 0 Å². The number of benzene rings is 1. The van der Waals surface area contributed by atoms with E-state index in [1.807, 2.05) is 6.07 Å². The van der Waals surface area contributed by atoms with Crippen LogP contribution in [-0.2, 0) is 15.6 Å². The van der Waals surface area contributed by atoms with E-state index in [2.05, 4.69) is 20.7 Å². The number of halogens is 1. The summed E-state index contributed by atoms with van der Waals surface area (Å²) in [4.78, 5) is 0. The van der Waals surface area contributed by atoms with E-state index >= 15 is 0 Å². The van der Waals surface area contributed by atoms with Gasteiger partial charge in [-0.25, -0.2) is 13.1 Å². The number of nitrogens with one attached hydrogen (secondary N) is 1. The van der Waals surface area contributed by atoms with Gasteiger partial charge in [-0.05, 0) is 12.5 Å². The molecule has 1 atom stereocenters. The molecule has 0 fully saturated rings. The van der Waals surface area contributed by atoms with Gasteiger partial charge >= 0.3 is 0 Å². The topological polar surface area (TPSA) is 66.4 Å². The summed E-state index contributed by atoms with van der Waals surface area (Å²) < 4.78 is 25.2. The van der Waals surface area contributed by atoms with Crippen LogP contribution in [0.5, 0.6) is 0 Å². The zero-order valence-electron chi connectivity index (χ0n) is 8.85. The van der Waals surface area contributed by atoms with E-state index in [1.165, 1.54) is 0 Å². The van der Waals surface area contributed by atoms with Gasteiger partial charge in [0.05, 0.1) is 12.1 Å². The molecule has 0 aliphatic rings. The van der Waals surface area contributed by atoms with Crippen LogP contribution in [0.15, 0.2) is 30.3 Å². The minimum Gasteiger partial charge on any atom is -0.394 e. The molecule has 1 unspecified atom stereocenters. The summed E-state index contributed by atoms with van der Waals surface area (Å²) in [6.07, 6.45) is 0. The van der Waals surface area contributed by atoms with Crippen molar-refractivity contribution in [3.8, 4) is 0 Å². The first-order chi connectivity index (χ1) is 7.43. The van der Waals surface area contributed by atoms with Crippen LogP contribution in [0.1, 0.15) is 12.5 Å². The lowest BCUT2D eigenvalue weighted by atomic mass is 9.94. The monoisotopic (exact) mass is 307 g/mol. The molecule has 0 spiro atoms. The number of hydrogen-bond donors (Lipinski definition) is 2. The van der Waals surface area contributed by atoms with Crippen LogP contribution < -0.4 is 4.72 Å². The van der Waals surface area contributed by atoms with Crippen LogP contribution >= 0.6 is 15.9 Å². The fraction of sp³-hybridized carbons (Fsp3) is 0.400. The average Bonchev–Trinajstić information content (AvgIpc) is 2.29. The average molecular weight is 308 g/mol. The molecule has 1 aromatic carbocycles. The van der Waals surface area contributed by atoms with E-state index < -0.39 is 15.6 Å². The lowest BCUT2D eigenvalue weighted by Gasteiger charge is -2.28. The van der Waals surface area contributed by atoms with Gasteiger partial charge < -0.3 is 5.11 Å². The smallest absolute Gasteiger partial charge is 0.222 e.